The van der Waals surface area contributed by atoms with Crippen LogP contribution < -0.4 is 21.2 Å². The zero-order valence-corrected chi connectivity index (χ0v) is 21.4. The summed E-state index contributed by atoms with van der Waals surface area (Å²) in [6.45, 7) is 3.97. The van der Waals surface area contributed by atoms with E-state index in [0.29, 0.717) is 5.40 Å². The molecule has 0 heterocycles. The van der Waals surface area contributed by atoms with Crippen molar-refractivity contribution in [3.63, 3.8) is 0 Å². The van der Waals surface area contributed by atoms with Gasteiger partial charge in [0.15, 0.2) is 0 Å². The van der Waals surface area contributed by atoms with Gasteiger partial charge in [0.05, 0.1) is 0 Å². The van der Waals surface area contributed by atoms with Crippen molar-refractivity contribution in [2.75, 3.05) is 0 Å². The van der Waals surface area contributed by atoms with Crippen LogP contribution in [0.3, 0.4) is 0 Å². The normalized spacial score (nSPS) is 11.2. The van der Waals surface area contributed by atoms with E-state index in [0.717, 1.165) is 5.56 Å². The molecule has 0 bridgehead atoms. The minimum atomic E-state index is -0.688. The van der Waals surface area contributed by atoms with E-state index in [1.54, 1.807) is 0 Å². The first kappa shape index (κ1) is 23.4. The van der Waals surface area contributed by atoms with E-state index in [1.165, 1.54) is 26.8 Å². The van der Waals surface area contributed by atoms with Gasteiger partial charge in [0.25, 0.3) is 0 Å². The van der Waals surface area contributed by atoms with Crippen molar-refractivity contribution in [3.05, 3.63) is 163 Å². The molecule has 0 aromatic heterocycles. The molecule has 170 valence electrons. The van der Waals surface area contributed by atoms with Crippen LogP contribution in [-0.4, -0.2) is 0 Å². The van der Waals surface area contributed by atoms with Gasteiger partial charge in [0.2, 0.25) is 0 Å². The average molecular weight is 487 g/mol. The predicted molar refractivity (Wildman–Crippen MR) is 157 cm³/mol. The van der Waals surface area contributed by atoms with Crippen molar-refractivity contribution in [3.8, 4) is 0 Å². The predicted octanol–water partition coefficient (Wildman–Crippen LogP) is 7.59. The standard InChI is InChI=1S/C33H28P2/c1-2-27-23-25-28(26-24-27)33(34(29-15-7-3-8-16-29)30-17-9-4-10-18-30)35(31-19-11-5-12-20-31)32-21-13-6-14-22-32/h2-26,33H,1H2. The van der Waals surface area contributed by atoms with E-state index in [4.69, 9.17) is 0 Å². The van der Waals surface area contributed by atoms with Crippen molar-refractivity contribution < 1.29 is 0 Å². The maximum Gasteiger partial charge on any atom is 0.0404 e. The first-order valence-corrected chi connectivity index (χ1v) is 14.7. The minimum Gasteiger partial charge on any atom is -0.0985 e. The van der Waals surface area contributed by atoms with E-state index >= 15 is 0 Å². The molecular weight excluding hydrogens is 458 g/mol. The number of benzene rings is 5. The van der Waals surface area contributed by atoms with Gasteiger partial charge in [-0.2, -0.15) is 0 Å². The Morgan fingerprint density at radius 3 is 1.03 bits per heavy atom. The Hall–Kier alpha value is -3.30. The van der Waals surface area contributed by atoms with Gasteiger partial charge in [-0.25, -0.2) is 0 Å². The first-order chi connectivity index (χ1) is 17.3. The summed E-state index contributed by atoms with van der Waals surface area (Å²) < 4.78 is 0. The van der Waals surface area contributed by atoms with Crippen LogP contribution in [0.5, 0.6) is 0 Å². The van der Waals surface area contributed by atoms with E-state index in [9.17, 15) is 0 Å². The molecule has 0 fully saturated rings. The zero-order chi connectivity index (χ0) is 23.9. The van der Waals surface area contributed by atoms with Gasteiger partial charge in [-0.05, 0) is 48.2 Å². The topological polar surface area (TPSA) is 0 Å². The summed E-state index contributed by atoms with van der Waals surface area (Å²) in [7, 11) is -1.38. The number of rotatable bonds is 8. The van der Waals surface area contributed by atoms with Gasteiger partial charge in [-0.1, -0.05) is 158 Å². The first-order valence-electron chi connectivity index (χ1n) is 11.9. The van der Waals surface area contributed by atoms with E-state index in [-0.39, 0.29) is 0 Å². The smallest absolute Gasteiger partial charge is 0.0404 e. The van der Waals surface area contributed by atoms with E-state index < -0.39 is 15.8 Å². The molecule has 0 spiro atoms. The third-order valence-corrected chi connectivity index (χ3v) is 12.5. The van der Waals surface area contributed by atoms with Crippen LogP contribution in [0.15, 0.2) is 152 Å². The third kappa shape index (κ3) is 5.36. The SMILES string of the molecule is C=Cc1ccc(C(P(c2ccccc2)c2ccccc2)P(c2ccccc2)c2ccccc2)cc1. The molecule has 0 amide bonds. The van der Waals surface area contributed by atoms with Crippen LogP contribution >= 0.6 is 15.8 Å². The molecular formula is C33H28P2. The van der Waals surface area contributed by atoms with Crippen molar-refractivity contribution in [2.24, 2.45) is 0 Å². The van der Waals surface area contributed by atoms with Gasteiger partial charge in [-0.15, -0.1) is 0 Å². The fourth-order valence-electron chi connectivity index (χ4n) is 4.44. The lowest BCUT2D eigenvalue weighted by Crippen LogP contribution is -2.23. The highest BCUT2D eigenvalue weighted by Crippen LogP contribution is 2.65. The molecule has 0 aliphatic heterocycles. The van der Waals surface area contributed by atoms with Gasteiger partial charge < -0.3 is 0 Å². The highest BCUT2D eigenvalue weighted by atomic mass is 31.2. The molecule has 0 radical (unpaired) electrons. The van der Waals surface area contributed by atoms with Crippen LogP contribution in [0.1, 0.15) is 16.5 Å². The van der Waals surface area contributed by atoms with Gasteiger partial charge in [0.1, 0.15) is 0 Å². The lowest BCUT2D eigenvalue weighted by Gasteiger charge is -2.36. The highest BCUT2D eigenvalue weighted by molar-refractivity contribution is 7.89. The summed E-state index contributed by atoms with van der Waals surface area (Å²) >= 11 is 0. The summed E-state index contributed by atoms with van der Waals surface area (Å²) in [5, 5.41) is 5.95. The fraction of sp³-hybridized carbons (Fsp3) is 0.0303. The number of hydrogen-bond acceptors (Lipinski definition) is 0. The van der Waals surface area contributed by atoms with Crippen LogP contribution in [0.2, 0.25) is 0 Å². The maximum absolute atomic E-state index is 3.97. The summed E-state index contributed by atoms with van der Waals surface area (Å²) in [4.78, 5) is 0. The van der Waals surface area contributed by atoms with Gasteiger partial charge >= 0.3 is 0 Å². The Morgan fingerprint density at radius 1 is 0.429 bits per heavy atom. The van der Waals surface area contributed by atoms with Crippen LogP contribution in [0.25, 0.3) is 6.08 Å². The van der Waals surface area contributed by atoms with Gasteiger partial charge in [0, 0.05) is 5.40 Å². The monoisotopic (exact) mass is 486 g/mol. The number of hydrogen-bond donors (Lipinski definition) is 0. The maximum atomic E-state index is 3.97. The molecule has 5 aromatic carbocycles. The second kappa shape index (κ2) is 11.4. The van der Waals surface area contributed by atoms with Crippen LogP contribution in [0.4, 0.5) is 0 Å². The van der Waals surface area contributed by atoms with Crippen LogP contribution in [0, 0.1) is 0 Å². The van der Waals surface area contributed by atoms with E-state index in [1.807, 2.05) is 6.08 Å². The van der Waals surface area contributed by atoms with Crippen molar-refractivity contribution in [1.82, 2.24) is 0 Å². The molecule has 0 N–H and O–H groups in total. The lowest BCUT2D eigenvalue weighted by atomic mass is 10.1. The molecule has 0 unspecified atom stereocenters. The molecule has 35 heavy (non-hydrogen) atoms. The average Bonchev–Trinajstić information content (AvgIpc) is 2.95. The van der Waals surface area contributed by atoms with Crippen LogP contribution in [-0.2, 0) is 0 Å². The third-order valence-electron chi connectivity index (χ3n) is 6.10. The second-order valence-electron chi connectivity index (χ2n) is 8.33. The molecule has 0 saturated heterocycles. The molecule has 2 heteroatoms. The Balaban J connectivity index is 1.79. The minimum absolute atomic E-state index is 0.313. The Morgan fingerprint density at radius 2 is 0.743 bits per heavy atom. The summed E-state index contributed by atoms with van der Waals surface area (Å²) in [5.74, 6) is 0. The largest absolute Gasteiger partial charge is 0.0985 e. The summed E-state index contributed by atoms with van der Waals surface area (Å²) in [5.41, 5.74) is 2.54. The Bertz CT molecular complexity index is 1170. The molecule has 5 aromatic rings. The summed E-state index contributed by atoms with van der Waals surface area (Å²) in [6, 6.07) is 53.5. The summed E-state index contributed by atoms with van der Waals surface area (Å²) in [6.07, 6.45) is 1.92. The van der Waals surface area contributed by atoms with Crippen molar-refractivity contribution in [2.45, 2.75) is 5.40 Å². The zero-order valence-electron chi connectivity index (χ0n) is 19.6. The van der Waals surface area contributed by atoms with Gasteiger partial charge in [-0.3, -0.25) is 0 Å². The van der Waals surface area contributed by atoms with Crippen molar-refractivity contribution in [1.29, 1.82) is 0 Å². The molecule has 0 atom stereocenters. The second-order valence-corrected chi connectivity index (χ2v) is 13.3. The molecule has 0 aliphatic carbocycles. The molecule has 0 saturated carbocycles. The Kier molecular flexibility index (Phi) is 7.65. The lowest BCUT2D eigenvalue weighted by molar-refractivity contribution is 1.34. The van der Waals surface area contributed by atoms with Crippen molar-refractivity contribution >= 4 is 43.1 Å². The highest BCUT2D eigenvalue weighted by Gasteiger charge is 2.34. The fourth-order valence-corrected chi connectivity index (χ4v) is 11.6. The quantitative estimate of drug-likeness (QED) is 0.198. The molecule has 0 aliphatic rings. The Labute approximate surface area is 211 Å². The molecule has 0 nitrogen and oxygen atoms in total. The molecule has 5 rings (SSSR count). The van der Waals surface area contributed by atoms with E-state index in [2.05, 4.69) is 152 Å².